The van der Waals surface area contributed by atoms with Crippen LogP contribution in [0.25, 0.3) is 0 Å². The van der Waals surface area contributed by atoms with E-state index in [9.17, 15) is 4.79 Å². The highest BCUT2D eigenvalue weighted by Gasteiger charge is 2.24. The standard InChI is InChI=1S/C17H24BrNO/c1-3-15(13-9-5-4-6-10-13)19-17(20)14-11-7-8-12(2)16(14)18/h7-8,11,13,15H,3-6,9-10H2,1-2H3,(H,19,20). The fraction of sp³-hybridized carbons (Fsp3) is 0.588. The van der Waals surface area contributed by atoms with E-state index in [-0.39, 0.29) is 5.91 Å². The third-order valence-corrected chi connectivity index (χ3v) is 5.46. The first-order chi connectivity index (χ1) is 9.63. The zero-order chi connectivity index (χ0) is 14.5. The number of rotatable bonds is 4. The first-order valence-electron chi connectivity index (χ1n) is 7.69. The molecule has 3 heteroatoms. The molecule has 0 radical (unpaired) electrons. The van der Waals surface area contributed by atoms with Crippen LogP contribution in [0.15, 0.2) is 22.7 Å². The molecule has 0 saturated heterocycles. The topological polar surface area (TPSA) is 29.1 Å². The Balaban J connectivity index is 2.06. The third kappa shape index (κ3) is 3.63. The lowest BCUT2D eigenvalue weighted by molar-refractivity contribution is 0.0910. The highest BCUT2D eigenvalue weighted by molar-refractivity contribution is 9.10. The van der Waals surface area contributed by atoms with Crippen LogP contribution in [0.4, 0.5) is 0 Å². The smallest absolute Gasteiger partial charge is 0.252 e. The lowest BCUT2D eigenvalue weighted by Gasteiger charge is -2.30. The van der Waals surface area contributed by atoms with Crippen molar-refractivity contribution in [1.29, 1.82) is 0 Å². The van der Waals surface area contributed by atoms with Crippen LogP contribution < -0.4 is 5.32 Å². The summed E-state index contributed by atoms with van der Waals surface area (Å²) in [7, 11) is 0. The molecule has 2 nitrogen and oxygen atoms in total. The van der Waals surface area contributed by atoms with E-state index >= 15 is 0 Å². The van der Waals surface area contributed by atoms with Crippen molar-refractivity contribution in [2.45, 2.75) is 58.4 Å². The molecular weight excluding hydrogens is 314 g/mol. The number of hydrogen-bond donors (Lipinski definition) is 1. The fourth-order valence-electron chi connectivity index (χ4n) is 3.16. The number of carbonyl (C=O) groups excluding carboxylic acids is 1. The molecule has 1 N–H and O–H groups in total. The predicted octanol–water partition coefficient (Wildman–Crippen LogP) is 4.85. The van der Waals surface area contributed by atoms with Gasteiger partial charge in [0.25, 0.3) is 5.91 Å². The van der Waals surface area contributed by atoms with E-state index in [2.05, 4.69) is 28.2 Å². The second-order valence-electron chi connectivity index (χ2n) is 5.82. The van der Waals surface area contributed by atoms with Crippen molar-refractivity contribution in [3.05, 3.63) is 33.8 Å². The van der Waals surface area contributed by atoms with Crippen molar-refractivity contribution in [2.75, 3.05) is 0 Å². The largest absolute Gasteiger partial charge is 0.349 e. The van der Waals surface area contributed by atoms with Crippen molar-refractivity contribution >= 4 is 21.8 Å². The average molecular weight is 338 g/mol. The van der Waals surface area contributed by atoms with Gasteiger partial charge in [0.1, 0.15) is 0 Å². The molecule has 2 rings (SSSR count). The molecule has 1 unspecified atom stereocenters. The first-order valence-corrected chi connectivity index (χ1v) is 8.48. The molecule has 1 aromatic carbocycles. The Hall–Kier alpha value is -0.830. The maximum atomic E-state index is 12.5. The van der Waals surface area contributed by atoms with Crippen LogP contribution in [0.5, 0.6) is 0 Å². The first kappa shape index (κ1) is 15.6. The molecule has 1 aliphatic rings. The summed E-state index contributed by atoms with van der Waals surface area (Å²) in [6, 6.07) is 6.16. The van der Waals surface area contributed by atoms with E-state index in [1.807, 2.05) is 25.1 Å². The number of amides is 1. The van der Waals surface area contributed by atoms with Gasteiger partial charge in [0.2, 0.25) is 0 Å². The highest BCUT2D eigenvalue weighted by Crippen LogP contribution is 2.28. The summed E-state index contributed by atoms with van der Waals surface area (Å²) in [5.41, 5.74) is 1.85. The Morgan fingerprint density at radius 1 is 1.35 bits per heavy atom. The lowest BCUT2D eigenvalue weighted by atomic mass is 9.83. The number of carbonyl (C=O) groups is 1. The summed E-state index contributed by atoms with van der Waals surface area (Å²) >= 11 is 3.53. The minimum atomic E-state index is 0.0537. The van der Waals surface area contributed by atoms with E-state index < -0.39 is 0 Å². The normalized spacial score (nSPS) is 17.8. The molecule has 20 heavy (non-hydrogen) atoms. The van der Waals surface area contributed by atoms with Crippen LogP contribution >= 0.6 is 15.9 Å². The number of benzene rings is 1. The Morgan fingerprint density at radius 3 is 2.70 bits per heavy atom. The van der Waals surface area contributed by atoms with Gasteiger partial charge < -0.3 is 5.32 Å². The van der Waals surface area contributed by atoms with Gasteiger partial charge in [0, 0.05) is 10.5 Å². The van der Waals surface area contributed by atoms with Crippen LogP contribution in [0, 0.1) is 12.8 Å². The van der Waals surface area contributed by atoms with Crippen LogP contribution in [-0.2, 0) is 0 Å². The van der Waals surface area contributed by atoms with Gasteiger partial charge in [-0.3, -0.25) is 4.79 Å². The number of halogens is 1. The van der Waals surface area contributed by atoms with Crippen LogP contribution in [0.3, 0.4) is 0 Å². The molecule has 1 aromatic rings. The van der Waals surface area contributed by atoms with Gasteiger partial charge in [-0.1, -0.05) is 38.3 Å². The summed E-state index contributed by atoms with van der Waals surface area (Å²) in [6.45, 7) is 4.18. The van der Waals surface area contributed by atoms with E-state index in [0.29, 0.717) is 12.0 Å². The molecule has 110 valence electrons. The van der Waals surface area contributed by atoms with Gasteiger partial charge in [-0.15, -0.1) is 0 Å². The maximum Gasteiger partial charge on any atom is 0.252 e. The molecule has 1 aliphatic carbocycles. The number of hydrogen-bond acceptors (Lipinski definition) is 1. The fourth-order valence-corrected chi connectivity index (χ4v) is 3.60. The van der Waals surface area contributed by atoms with Crippen molar-refractivity contribution in [3.8, 4) is 0 Å². The molecule has 0 bridgehead atoms. The van der Waals surface area contributed by atoms with E-state index in [4.69, 9.17) is 0 Å². The second kappa shape index (κ2) is 7.26. The molecular formula is C17H24BrNO. The van der Waals surface area contributed by atoms with Crippen LogP contribution in [0.2, 0.25) is 0 Å². The Morgan fingerprint density at radius 2 is 2.05 bits per heavy atom. The summed E-state index contributed by atoms with van der Waals surface area (Å²) < 4.78 is 0.913. The quantitative estimate of drug-likeness (QED) is 0.836. The van der Waals surface area contributed by atoms with Crippen molar-refractivity contribution in [3.63, 3.8) is 0 Å². The Bertz CT molecular complexity index is 466. The molecule has 1 fully saturated rings. The van der Waals surface area contributed by atoms with Gasteiger partial charge in [0.15, 0.2) is 0 Å². The third-order valence-electron chi connectivity index (χ3n) is 4.41. The number of nitrogens with one attached hydrogen (secondary N) is 1. The van der Waals surface area contributed by atoms with E-state index in [1.54, 1.807) is 0 Å². The molecule has 1 amide bonds. The van der Waals surface area contributed by atoms with E-state index in [0.717, 1.165) is 22.0 Å². The average Bonchev–Trinajstić information content (AvgIpc) is 2.48. The van der Waals surface area contributed by atoms with Crippen molar-refractivity contribution in [1.82, 2.24) is 5.32 Å². The van der Waals surface area contributed by atoms with Gasteiger partial charge in [-0.05, 0) is 59.7 Å². The monoisotopic (exact) mass is 337 g/mol. The van der Waals surface area contributed by atoms with Crippen LogP contribution in [-0.4, -0.2) is 11.9 Å². The minimum Gasteiger partial charge on any atom is -0.349 e. The SMILES string of the molecule is CCC(NC(=O)c1cccc(C)c1Br)C1CCCCC1. The molecule has 0 spiro atoms. The summed E-state index contributed by atoms with van der Waals surface area (Å²) in [4.78, 5) is 12.5. The van der Waals surface area contributed by atoms with E-state index in [1.165, 1.54) is 32.1 Å². The Kier molecular flexibility index (Phi) is 5.64. The van der Waals surface area contributed by atoms with Gasteiger partial charge in [0.05, 0.1) is 5.56 Å². The zero-order valence-electron chi connectivity index (χ0n) is 12.4. The highest BCUT2D eigenvalue weighted by atomic mass is 79.9. The van der Waals surface area contributed by atoms with Crippen molar-refractivity contribution in [2.24, 2.45) is 5.92 Å². The molecule has 1 saturated carbocycles. The lowest BCUT2D eigenvalue weighted by Crippen LogP contribution is -2.40. The van der Waals surface area contributed by atoms with Crippen molar-refractivity contribution < 1.29 is 4.79 Å². The minimum absolute atomic E-state index is 0.0537. The van der Waals surface area contributed by atoms with Gasteiger partial charge in [-0.25, -0.2) is 0 Å². The van der Waals surface area contributed by atoms with Gasteiger partial charge in [-0.2, -0.15) is 0 Å². The number of aryl methyl sites for hydroxylation is 1. The molecule has 0 aromatic heterocycles. The summed E-state index contributed by atoms with van der Waals surface area (Å²) in [6.07, 6.45) is 7.50. The molecule has 0 heterocycles. The van der Waals surface area contributed by atoms with Crippen LogP contribution in [0.1, 0.15) is 61.4 Å². The zero-order valence-corrected chi connectivity index (χ0v) is 14.0. The second-order valence-corrected chi connectivity index (χ2v) is 6.62. The summed E-state index contributed by atoms with van der Waals surface area (Å²) in [5, 5.41) is 3.25. The summed E-state index contributed by atoms with van der Waals surface area (Å²) in [5.74, 6) is 0.708. The van der Waals surface area contributed by atoms with Gasteiger partial charge >= 0.3 is 0 Å². The maximum absolute atomic E-state index is 12.5. The Labute approximate surface area is 130 Å². The molecule has 1 atom stereocenters. The predicted molar refractivity (Wildman–Crippen MR) is 87.0 cm³/mol. The molecule has 0 aliphatic heterocycles.